The van der Waals surface area contributed by atoms with Crippen molar-refractivity contribution in [2.24, 2.45) is 0 Å². The lowest BCUT2D eigenvalue weighted by Crippen LogP contribution is -2.14. The third kappa shape index (κ3) is 3.70. The summed E-state index contributed by atoms with van der Waals surface area (Å²) in [5.74, 6) is 1.39. The molecule has 116 valence electrons. The molecular formula is C16H15N5O2. The van der Waals surface area contributed by atoms with Crippen LogP contribution in [0.15, 0.2) is 47.0 Å². The van der Waals surface area contributed by atoms with E-state index < -0.39 is 0 Å². The molecule has 0 aliphatic heterocycles. The van der Waals surface area contributed by atoms with Crippen molar-refractivity contribution in [3.8, 4) is 0 Å². The molecule has 3 rings (SSSR count). The Balaban J connectivity index is 1.66. The molecule has 2 heterocycles. The predicted octanol–water partition coefficient (Wildman–Crippen LogP) is 3.08. The molecule has 0 bridgehead atoms. The number of carbonyl (C=O) groups excluding carboxylic acids is 1. The topological polar surface area (TPSA) is 92.9 Å². The number of anilines is 3. The van der Waals surface area contributed by atoms with Crippen LogP contribution in [0.1, 0.15) is 21.8 Å². The van der Waals surface area contributed by atoms with Gasteiger partial charge in [0.2, 0.25) is 0 Å². The number of benzene rings is 1. The molecule has 0 fully saturated rings. The Morgan fingerprint density at radius 2 is 1.78 bits per heavy atom. The third-order valence-electron chi connectivity index (χ3n) is 3.09. The van der Waals surface area contributed by atoms with E-state index in [1.165, 1.54) is 0 Å². The minimum Gasteiger partial charge on any atom is -0.360 e. The molecule has 0 radical (unpaired) electrons. The monoisotopic (exact) mass is 309 g/mol. The number of carbonyl (C=O) groups is 1. The van der Waals surface area contributed by atoms with Crippen LogP contribution in [0.4, 0.5) is 17.3 Å². The van der Waals surface area contributed by atoms with E-state index in [0.29, 0.717) is 23.1 Å². The molecule has 1 aromatic carbocycles. The van der Waals surface area contributed by atoms with Crippen LogP contribution >= 0.6 is 0 Å². The van der Waals surface area contributed by atoms with Gasteiger partial charge in [0.1, 0.15) is 5.76 Å². The number of nitrogens with zero attached hydrogens (tertiary/aromatic N) is 3. The molecule has 1 amide bonds. The van der Waals surface area contributed by atoms with Crippen LogP contribution in [0, 0.1) is 13.8 Å². The predicted molar refractivity (Wildman–Crippen MR) is 85.7 cm³/mol. The van der Waals surface area contributed by atoms with Crippen LogP contribution in [0.2, 0.25) is 0 Å². The van der Waals surface area contributed by atoms with Crippen LogP contribution in [0.25, 0.3) is 0 Å². The maximum Gasteiger partial charge on any atom is 0.276 e. The molecule has 0 atom stereocenters. The SMILES string of the molecule is Cc1ccc(NC(=O)c2ccc(Nc3cc(C)on3)nn2)cc1. The molecule has 23 heavy (non-hydrogen) atoms. The minimum atomic E-state index is -0.315. The van der Waals surface area contributed by atoms with E-state index in [9.17, 15) is 4.79 Å². The Morgan fingerprint density at radius 3 is 2.39 bits per heavy atom. The maximum atomic E-state index is 12.1. The van der Waals surface area contributed by atoms with Crippen molar-refractivity contribution in [3.05, 3.63) is 59.5 Å². The summed E-state index contributed by atoms with van der Waals surface area (Å²) in [6.45, 7) is 3.78. The van der Waals surface area contributed by atoms with Gasteiger partial charge in [-0.05, 0) is 38.1 Å². The first-order valence-corrected chi connectivity index (χ1v) is 7.02. The first-order valence-electron chi connectivity index (χ1n) is 7.02. The third-order valence-corrected chi connectivity index (χ3v) is 3.09. The standard InChI is InChI=1S/C16H15N5O2/c1-10-3-5-12(6-4-10)17-16(22)13-7-8-14(20-19-13)18-15-9-11(2)23-21-15/h3-9H,1-2H3,(H,17,22)(H,18,20,21). The van der Waals surface area contributed by atoms with E-state index in [4.69, 9.17) is 4.52 Å². The fraction of sp³-hybridized carbons (Fsp3) is 0.125. The number of rotatable bonds is 4. The van der Waals surface area contributed by atoms with Crippen LogP contribution in [-0.2, 0) is 0 Å². The Hall–Kier alpha value is -3.22. The average molecular weight is 309 g/mol. The van der Waals surface area contributed by atoms with Gasteiger partial charge in [-0.1, -0.05) is 22.9 Å². The lowest BCUT2D eigenvalue weighted by atomic mass is 10.2. The van der Waals surface area contributed by atoms with E-state index in [-0.39, 0.29) is 11.6 Å². The number of hydrogen-bond acceptors (Lipinski definition) is 6. The van der Waals surface area contributed by atoms with Gasteiger partial charge in [-0.3, -0.25) is 4.79 Å². The quantitative estimate of drug-likeness (QED) is 0.769. The first-order chi connectivity index (χ1) is 11.1. The van der Waals surface area contributed by atoms with Crippen molar-refractivity contribution in [2.45, 2.75) is 13.8 Å². The highest BCUT2D eigenvalue weighted by atomic mass is 16.5. The van der Waals surface area contributed by atoms with E-state index >= 15 is 0 Å². The smallest absolute Gasteiger partial charge is 0.276 e. The summed E-state index contributed by atoms with van der Waals surface area (Å²) in [4.78, 5) is 12.1. The molecule has 0 saturated carbocycles. The average Bonchev–Trinajstić information content (AvgIpc) is 2.95. The Kier molecular flexibility index (Phi) is 4.01. The van der Waals surface area contributed by atoms with E-state index in [1.54, 1.807) is 25.1 Å². The second kappa shape index (κ2) is 6.27. The Morgan fingerprint density at radius 1 is 1.00 bits per heavy atom. The molecular weight excluding hydrogens is 294 g/mol. The van der Waals surface area contributed by atoms with Gasteiger partial charge >= 0.3 is 0 Å². The van der Waals surface area contributed by atoms with E-state index in [0.717, 1.165) is 5.56 Å². The zero-order valence-corrected chi connectivity index (χ0v) is 12.7. The zero-order valence-electron chi connectivity index (χ0n) is 12.7. The van der Waals surface area contributed by atoms with Crippen molar-refractivity contribution >= 4 is 23.2 Å². The summed E-state index contributed by atoms with van der Waals surface area (Å²) in [6.07, 6.45) is 0. The van der Waals surface area contributed by atoms with Crippen LogP contribution in [0.3, 0.4) is 0 Å². The number of hydrogen-bond donors (Lipinski definition) is 2. The summed E-state index contributed by atoms with van der Waals surface area (Å²) in [5.41, 5.74) is 2.07. The van der Waals surface area contributed by atoms with Crippen LogP contribution in [-0.4, -0.2) is 21.3 Å². The largest absolute Gasteiger partial charge is 0.360 e. The van der Waals surface area contributed by atoms with Crippen molar-refractivity contribution in [1.82, 2.24) is 15.4 Å². The summed E-state index contributed by atoms with van der Waals surface area (Å²) < 4.78 is 4.95. The molecule has 7 nitrogen and oxygen atoms in total. The fourth-order valence-electron chi connectivity index (χ4n) is 1.91. The second-order valence-corrected chi connectivity index (χ2v) is 5.07. The molecule has 0 aliphatic carbocycles. The first kappa shape index (κ1) is 14.7. The van der Waals surface area contributed by atoms with Gasteiger partial charge in [0.05, 0.1) is 0 Å². The molecule has 2 N–H and O–H groups in total. The number of nitrogens with one attached hydrogen (secondary N) is 2. The molecule has 0 unspecified atom stereocenters. The van der Waals surface area contributed by atoms with Gasteiger partial charge in [-0.2, -0.15) is 0 Å². The van der Waals surface area contributed by atoms with Crippen molar-refractivity contribution in [3.63, 3.8) is 0 Å². The summed E-state index contributed by atoms with van der Waals surface area (Å²) >= 11 is 0. The molecule has 7 heteroatoms. The Labute approximate surface area is 132 Å². The van der Waals surface area contributed by atoms with Gasteiger partial charge in [0.15, 0.2) is 17.3 Å². The second-order valence-electron chi connectivity index (χ2n) is 5.07. The van der Waals surface area contributed by atoms with Gasteiger partial charge in [-0.15, -0.1) is 10.2 Å². The normalized spacial score (nSPS) is 10.3. The summed E-state index contributed by atoms with van der Waals surface area (Å²) in [7, 11) is 0. The summed E-state index contributed by atoms with van der Waals surface area (Å²) in [5, 5.41) is 17.4. The van der Waals surface area contributed by atoms with E-state index in [1.807, 2.05) is 31.2 Å². The number of amides is 1. The molecule has 3 aromatic rings. The van der Waals surface area contributed by atoms with Gasteiger partial charge in [0, 0.05) is 11.8 Å². The molecule has 2 aromatic heterocycles. The highest BCUT2D eigenvalue weighted by Crippen LogP contribution is 2.14. The number of aromatic nitrogens is 3. The maximum absolute atomic E-state index is 12.1. The van der Waals surface area contributed by atoms with E-state index in [2.05, 4.69) is 26.0 Å². The lowest BCUT2D eigenvalue weighted by Gasteiger charge is -2.05. The fourth-order valence-corrected chi connectivity index (χ4v) is 1.91. The van der Waals surface area contributed by atoms with Gasteiger partial charge in [-0.25, -0.2) is 0 Å². The zero-order chi connectivity index (χ0) is 16.2. The highest BCUT2D eigenvalue weighted by Gasteiger charge is 2.09. The van der Waals surface area contributed by atoms with Crippen LogP contribution < -0.4 is 10.6 Å². The van der Waals surface area contributed by atoms with Crippen LogP contribution in [0.5, 0.6) is 0 Å². The van der Waals surface area contributed by atoms with Gasteiger partial charge in [0.25, 0.3) is 5.91 Å². The Bertz CT molecular complexity index is 809. The summed E-state index contributed by atoms with van der Waals surface area (Å²) in [6, 6.07) is 12.5. The van der Waals surface area contributed by atoms with Crippen molar-refractivity contribution in [1.29, 1.82) is 0 Å². The highest BCUT2D eigenvalue weighted by molar-refractivity contribution is 6.02. The lowest BCUT2D eigenvalue weighted by molar-refractivity contribution is 0.102. The molecule has 0 saturated heterocycles. The van der Waals surface area contributed by atoms with Crippen molar-refractivity contribution < 1.29 is 9.32 Å². The van der Waals surface area contributed by atoms with Gasteiger partial charge < -0.3 is 15.2 Å². The minimum absolute atomic E-state index is 0.229. The van der Waals surface area contributed by atoms with Crippen molar-refractivity contribution in [2.75, 3.05) is 10.6 Å². The molecule has 0 aliphatic rings. The number of aryl methyl sites for hydroxylation is 2. The molecule has 0 spiro atoms.